The number of rotatable bonds is 4. The number of aromatic carboxylic acids is 2. The highest BCUT2D eigenvalue weighted by Gasteiger charge is 2.28. The maximum atomic E-state index is 11.9. The topological polar surface area (TPSA) is 93.1 Å². The number of carboxylic acid groups (broad SMARTS) is 2. The van der Waals surface area contributed by atoms with Crippen molar-refractivity contribution in [1.82, 2.24) is 0 Å². The predicted molar refractivity (Wildman–Crippen MR) is 97.2 cm³/mol. The van der Waals surface area contributed by atoms with Crippen molar-refractivity contribution in [2.45, 2.75) is 0 Å². The van der Waals surface area contributed by atoms with E-state index in [-0.39, 0.29) is 11.1 Å². The lowest BCUT2D eigenvalue weighted by Crippen LogP contribution is -2.11. The molecule has 0 radical (unpaired) electrons. The van der Waals surface area contributed by atoms with Crippen LogP contribution in [0.3, 0.4) is 0 Å². The van der Waals surface area contributed by atoms with Crippen molar-refractivity contribution < 1.29 is 29.3 Å². The zero-order valence-electron chi connectivity index (χ0n) is 14.0. The highest BCUT2D eigenvalue weighted by Crippen LogP contribution is 2.48. The smallest absolute Gasteiger partial charge is 0.337 e. The summed E-state index contributed by atoms with van der Waals surface area (Å²) in [4.78, 5) is 23.9. The molecular formula is C20H14O6. The Morgan fingerprint density at radius 1 is 0.692 bits per heavy atom. The van der Waals surface area contributed by atoms with Gasteiger partial charge in [-0.3, -0.25) is 0 Å². The first-order valence-electron chi connectivity index (χ1n) is 7.82. The number of ether oxygens (including phenoxy) is 2. The Hall–Kier alpha value is -3.54. The SMILES string of the molecule is COc1c(OC)c2cccc3c(C(=O)O)c(C(=O)O)c4cccc1c4c23. The minimum atomic E-state index is -1.28. The highest BCUT2D eigenvalue weighted by molar-refractivity contribution is 6.33. The summed E-state index contributed by atoms with van der Waals surface area (Å²) in [6.07, 6.45) is 0. The molecule has 0 spiro atoms. The van der Waals surface area contributed by atoms with Crippen molar-refractivity contribution in [3.05, 3.63) is 47.5 Å². The lowest BCUT2D eigenvalue weighted by atomic mass is 9.86. The molecule has 26 heavy (non-hydrogen) atoms. The van der Waals surface area contributed by atoms with Crippen LogP contribution < -0.4 is 9.47 Å². The average molecular weight is 350 g/mol. The molecule has 0 aliphatic carbocycles. The normalized spacial score (nSPS) is 11.3. The Labute approximate surface area is 147 Å². The molecule has 130 valence electrons. The maximum Gasteiger partial charge on any atom is 0.337 e. The maximum absolute atomic E-state index is 11.9. The number of methoxy groups -OCH3 is 2. The molecule has 0 fully saturated rings. The quantitative estimate of drug-likeness (QED) is 0.541. The van der Waals surface area contributed by atoms with E-state index < -0.39 is 11.9 Å². The number of carboxylic acids is 2. The molecular weight excluding hydrogens is 336 g/mol. The second-order valence-electron chi connectivity index (χ2n) is 5.88. The minimum Gasteiger partial charge on any atom is -0.492 e. The number of carbonyl (C=O) groups is 2. The Balaban J connectivity index is 2.47. The van der Waals surface area contributed by atoms with Crippen LogP contribution in [-0.4, -0.2) is 36.4 Å². The van der Waals surface area contributed by atoms with E-state index in [1.807, 2.05) is 12.1 Å². The first-order valence-corrected chi connectivity index (χ1v) is 7.82. The van der Waals surface area contributed by atoms with E-state index in [1.54, 1.807) is 24.3 Å². The van der Waals surface area contributed by atoms with Gasteiger partial charge in [-0.15, -0.1) is 0 Å². The minimum absolute atomic E-state index is 0.227. The van der Waals surface area contributed by atoms with Crippen molar-refractivity contribution in [2.75, 3.05) is 14.2 Å². The summed E-state index contributed by atoms with van der Waals surface area (Å²) >= 11 is 0. The number of hydrogen-bond acceptors (Lipinski definition) is 4. The third-order valence-corrected chi connectivity index (χ3v) is 4.70. The standard InChI is InChI=1S/C20H14O6/c1-25-17-11-7-3-5-9-13(11)14-10(6-4-8-12(14)18(17)26-2)16(20(23)24)15(9)19(21)22/h3-8H,1-2H3,(H,21,22)(H,23,24). The van der Waals surface area contributed by atoms with Gasteiger partial charge in [0.2, 0.25) is 0 Å². The van der Waals surface area contributed by atoms with Gasteiger partial charge < -0.3 is 19.7 Å². The fourth-order valence-electron chi connectivity index (χ4n) is 3.80. The van der Waals surface area contributed by atoms with Crippen molar-refractivity contribution in [3.8, 4) is 11.5 Å². The predicted octanol–water partition coefficient (Wildman–Crippen LogP) is 4.00. The van der Waals surface area contributed by atoms with Crippen LogP contribution in [0.4, 0.5) is 0 Å². The zero-order valence-corrected chi connectivity index (χ0v) is 14.0. The number of benzene rings is 4. The van der Waals surface area contributed by atoms with Gasteiger partial charge in [0.05, 0.1) is 25.3 Å². The molecule has 0 aromatic heterocycles. The van der Waals surface area contributed by atoms with Gasteiger partial charge in [-0.1, -0.05) is 36.4 Å². The van der Waals surface area contributed by atoms with Crippen molar-refractivity contribution in [1.29, 1.82) is 0 Å². The molecule has 0 atom stereocenters. The molecule has 0 unspecified atom stereocenters. The van der Waals surface area contributed by atoms with Gasteiger partial charge >= 0.3 is 11.9 Å². The van der Waals surface area contributed by atoms with Crippen LogP contribution >= 0.6 is 0 Å². The third-order valence-electron chi connectivity index (χ3n) is 4.70. The van der Waals surface area contributed by atoms with Gasteiger partial charge in [-0.05, 0) is 10.8 Å². The van der Waals surface area contributed by atoms with Crippen LogP contribution in [0.2, 0.25) is 0 Å². The van der Waals surface area contributed by atoms with Crippen LogP contribution in [-0.2, 0) is 0 Å². The second-order valence-corrected chi connectivity index (χ2v) is 5.88. The molecule has 4 rings (SSSR count). The molecule has 6 nitrogen and oxygen atoms in total. The van der Waals surface area contributed by atoms with E-state index in [4.69, 9.17) is 9.47 Å². The van der Waals surface area contributed by atoms with E-state index in [9.17, 15) is 19.8 Å². The van der Waals surface area contributed by atoms with Crippen molar-refractivity contribution >= 4 is 44.3 Å². The fraction of sp³-hybridized carbons (Fsp3) is 0.100. The van der Waals surface area contributed by atoms with Crippen LogP contribution in [0.5, 0.6) is 11.5 Å². The van der Waals surface area contributed by atoms with E-state index in [0.717, 1.165) is 0 Å². The fourth-order valence-corrected chi connectivity index (χ4v) is 3.80. The summed E-state index contributed by atoms with van der Waals surface area (Å²) in [5.74, 6) is -1.60. The average Bonchev–Trinajstić information content (AvgIpc) is 2.63. The molecule has 0 saturated heterocycles. The monoisotopic (exact) mass is 350 g/mol. The van der Waals surface area contributed by atoms with Crippen LogP contribution in [0.25, 0.3) is 32.3 Å². The Morgan fingerprint density at radius 2 is 1.04 bits per heavy atom. The largest absolute Gasteiger partial charge is 0.492 e. The molecule has 0 aliphatic heterocycles. The van der Waals surface area contributed by atoms with Crippen LogP contribution in [0.1, 0.15) is 20.7 Å². The van der Waals surface area contributed by atoms with E-state index in [2.05, 4.69) is 0 Å². The molecule has 0 aliphatic rings. The molecule has 0 saturated carbocycles. The van der Waals surface area contributed by atoms with Crippen molar-refractivity contribution in [3.63, 3.8) is 0 Å². The lowest BCUT2D eigenvalue weighted by molar-refractivity contribution is 0.0655. The zero-order chi connectivity index (χ0) is 18.6. The van der Waals surface area contributed by atoms with E-state index in [0.29, 0.717) is 43.8 Å². The van der Waals surface area contributed by atoms with Gasteiger partial charge in [-0.2, -0.15) is 0 Å². The Bertz CT molecular complexity index is 1110. The Kier molecular flexibility index (Phi) is 3.37. The van der Waals surface area contributed by atoms with Gasteiger partial charge in [0, 0.05) is 21.5 Å². The molecule has 6 heteroatoms. The highest BCUT2D eigenvalue weighted by atomic mass is 16.5. The third kappa shape index (κ3) is 1.86. The first kappa shape index (κ1) is 16.0. The molecule has 2 N–H and O–H groups in total. The summed E-state index contributed by atoms with van der Waals surface area (Å²) in [6.45, 7) is 0. The van der Waals surface area contributed by atoms with Gasteiger partial charge in [0.1, 0.15) is 0 Å². The van der Waals surface area contributed by atoms with E-state index >= 15 is 0 Å². The number of hydrogen-bond donors (Lipinski definition) is 2. The molecule has 0 amide bonds. The first-order chi connectivity index (χ1) is 12.5. The lowest BCUT2D eigenvalue weighted by Gasteiger charge is -2.20. The molecule has 0 bridgehead atoms. The summed E-state index contributed by atoms with van der Waals surface area (Å²) in [5.41, 5.74) is -0.453. The van der Waals surface area contributed by atoms with Gasteiger partial charge in [0.15, 0.2) is 11.5 Å². The van der Waals surface area contributed by atoms with Crippen LogP contribution in [0, 0.1) is 0 Å². The summed E-state index contributed by atoms with van der Waals surface area (Å²) in [7, 11) is 3.03. The summed E-state index contributed by atoms with van der Waals surface area (Å²) in [6, 6.07) is 10.2. The van der Waals surface area contributed by atoms with Crippen molar-refractivity contribution in [2.24, 2.45) is 0 Å². The molecule has 4 aromatic carbocycles. The van der Waals surface area contributed by atoms with Gasteiger partial charge in [-0.25, -0.2) is 9.59 Å². The molecule has 0 heterocycles. The van der Waals surface area contributed by atoms with E-state index in [1.165, 1.54) is 14.2 Å². The molecule has 4 aromatic rings. The van der Waals surface area contributed by atoms with Gasteiger partial charge in [0.25, 0.3) is 0 Å². The summed E-state index contributed by atoms with van der Waals surface area (Å²) < 4.78 is 11.1. The second kappa shape index (κ2) is 5.49. The Morgan fingerprint density at radius 3 is 1.35 bits per heavy atom. The summed E-state index contributed by atoms with van der Waals surface area (Å²) in [5, 5.41) is 22.8. The van der Waals surface area contributed by atoms with Crippen LogP contribution in [0.15, 0.2) is 36.4 Å².